The Morgan fingerprint density at radius 1 is 1.73 bits per heavy atom. The second-order valence-corrected chi connectivity index (χ2v) is 2.32. The zero-order valence-corrected chi connectivity index (χ0v) is 6.08. The fraction of sp³-hybridized carbons (Fsp3) is 0.286. The van der Waals surface area contributed by atoms with Crippen molar-refractivity contribution in [3.63, 3.8) is 0 Å². The van der Waals surface area contributed by atoms with E-state index in [2.05, 4.69) is 4.98 Å². The van der Waals surface area contributed by atoms with Crippen LogP contribution in [0.15, 0.2) is 12.3 Å². The van der Waals surface area contributed by atoms with Crippen LogP contribution in [0.5, 0.6) is 0 Å². The van der Waals surface area contributed by atoms with Gasteiger partial charge in [0.15, 0.2) is 0 Å². The Hall–Kier alpha value is -1.16. The van der Waals surface area contributed by atoms with Crippen LogP contribution in [-0.2, 0) is 0 Å². The van der Waals surface area contributed by atoms with Gasteiger partial charge in [0.1, 0.15) is 0 Å². The molecule has 0 fully saturated rings. The zero-order chi connectivity index (χ0) is 8.43. The van der Waals surface area contributed by atoms with E-state index in [-0.39, 0.29) is 5.56 Å². The Balaban J connectivity index is 3.13. The van der Waals surface area contributed by atoms with E-state index in [4.69, 9.17) is 10.8 Å². The molecule has 0 aliphatic heterocycles. The SMILES string of the molecule is CC(O)c1cc(N)cnc1F. The molecule has 3 nitrogen and oxygen atoms in total. The molecule has 0 aromatic carbocycles. The van der Waals surface area contributed by atoms with Gasteiger partial charge in [-0.2, -0.15) is 4.39 Å². The Labute approximate surface area is 63.7 Å². The van der Waals surface area contributed by atoms with E-state index in [0.717, 1.165) is 0 Å². The number of nitrogen functional groups attached to an aromatic ring is 1. The molecule has 0 aliphatic carbocycles. The lowest BCUT2D eigenvalue weighted by atomic mass is 10.2. The Kier molecular flexibility index (Phi) is 2.05. The van der Waals surface area contributed by atoms with E-state index in [1.165, 1.54) is 19.2 Å². The third kappa shape index (κ3) is 1.65. The highest BCUT2D eigenvalue weighted by Gasteiger charge is 2.08. The summed E-state index contributed by atoms with van der Waals surface area (Å²) in [6.45, 7) is 1.46. The minimum atomic E-state index is -0.869. The average molecular weight is 156 g/mol. The quantitative estimate of drug-likeness (QED) is 0.593. The van der Waals surface area contributed by atoms with Crippen molar-refractivity contribution in [1.82, 2.24) is 4.98 Å². The van der Waals surface area contributed by atoms with Crippen LogP contribution in [0, 0.1) is 5.95 Å². The fourth-order valence-electron chi connectivity index (χ4n) is 0.775. The number of nitrogens with zero attached hydrogens (tertiary/aromatic N) is 1. The molecule has 0 radical (unpaired) electrons. The summed E-state index contributed by atoms with van der Waals surface area (Å²) in [5.41, 5.74) is 5.80. The molecule has 1 atom stereocenters. The molecule has 1 aromatic rings. The number of hydrogen-bond acceptors (Lipinski definition) is 3. The van der Waals surface area contributed by atoms with E-state index in [1.807, 2.05) is 0 Å². The van der Waals surface area contributed by atoms with Gasteiger partial charge < -0.3 is 10.8 Å². The predicted molar refractivity (Wildman–Crippen MR) is 39.2 cm³/mol. The number of pyridine rings is 1. The minimum absolute atomic E-state index is 0.130. The van der Waals surface area contributed by atoms with Crippen molar-refractivity contribution < 1.29 is 9.50 Å². The second-order valence-electron chi connectivity index (χ2n) is 2.32. The first-order valence-electron chi connectivity index (χ1n) is 3.20. The summed E-state index contributed by atoms with van der Waals surface area (Å²) in [4.78, 5) is 3.35. The fourth-order valence-corrected chi connectivity index (χ4v) is 0.775. The second kappa shape index (κ2) is 2.84. The number of rotatable bonds is 1. The Bertz CT molecular complexity index is 263. The van der Waals surface area contributed by atoms with Crippen LogP contribution in [0.4, 0.5) is 10.1 Å². The van der Waals surface area contributed by atoms with E-state index in [0.29, 0.717) is 5.69 Å². The molecule has 3 N–H and O–H groups in total. The lowest BCUT2D eigenvalue weighted by molar-refractivity contribution is 0.193. The van der Waals surface area contributed by atoms with Crippen LogP contribution < -0.4 is 5.73 Å². The summed E-state index contributed by atoms with van der Waals surface area (Å²) in [6, 6.07) is 1.37. The van der Waals surface area contributed by atoms with Crippen molar-refractivity contribution in [2.75, 3.05) is 5.73 Å². The molecule has 1 rings (SSSR count). The van der Waals surface area contributed by atoms with Gasteiger partial charge in [-0.05, 0) is 13.0 Å². The van der Waals surface area contributed by atoms with Gasteiger partial charge in [0.05, 0.1) is 18.0 Å². The Morgan fingerprint density at radius 3 is 2.82 bits per heavy atom. The summed E-state index contributed by atoms with van der Waals surface area (Å²) < 4.78 is 12.7. The summed E-state index contributed by atoms with van der Waals surface area (Å²) in [7, 11) is 0. The third-order valence-electron chi connectivity index (χ3n) is 1.34. The first kappa shape index (κ1) is 7.94. The largest absolute Gasteiger partial charge is 0.397 e. The van der Waals surface area contributed by atoms with E-state index in [9.17, 15) is 4.39 Å². The number of aliphatic hydroxyl groups is 1. The van der Waals surface area contributed by atoms with Crippen molar-refractivity contribution in [2.24, 2.45) is 0 Å². The molecular formula is C7H9FN2O. The summed E-state index contributed by atoms with van der Waals surface area (Å²) in [6.07, 6.45) is 0.340. The van der Waals surface area contributed by atoms with Crippen LogP contribution in [0.2, 0.25) is 0 Å². The molecule has 1 heterocycles. The Morgan fingerprint density at radius 2 is 2.36 bits per heavy atom. The van der Waals surface area contributed by atoms with Crippen molar-refractivity contribution >= 4 is 5.69 Å². The summed E-state index contributed by atoms with van der Waals surface area (Å²) >= 11 is 0. The van der Waals surface area contributed by atoms with Crippen molar-refractivity contribution in [3.05, 3.63) is 23.8 Å². The minimum Gasteiger partial charge on any atom is -0.397 e. The number of anilines is 1. The molecular weight excluding hydrogens is 147 g/mol. The molecule has 60 valence electrons. The summed E-state index contributed by atoms with van der Waals surface area (Å²) in [5, 5.41) is 8.99. The average Bonchev–Trinajstić information content (AvgIpc) is 1.94. The van der Waals surface area contributed by atoms with E-state index in [1.54, 1.807) is 0 Å². The molecule has 0 saturated heterocycles. The molecule has 4 heteroatoms. The van der Waals surface area contributed by atoms with Gasteiger partial charge in [-0.15, -0.1) is 0 Å². The molecule has 0 spiro atoms. The van der Waals surface area contributed by atoms with Gasteiger partial charge in [-0.1, -0.05) is 0 Å². The zero-order valence-electron chi connectivity index (χ0n) is 6.08. The highest BCUT2D eigenvalue weighted by molar-refractivity contribution is 5.38. The van der Waals surface area contributed by atoms with Gasteiger partial charge in [0, 0.05) is 5.56 Å². The summed E-state index contributed by atoms with van der Waals surface area (Å²) in [5.74, 6) is -0.672. The maximum absolute atomic E-state index is 12.7. The normalized spacial score (nSPS) is 13.0. The molecule has 0 saturated carbocycles. The van der Waals surface area contributed by atoms with Crippen molar-refractivity contribution in [1.29, 1.82) is 0 Å². The van der Waals surface area contributed by atoms with Crippen LogP contribution in [-0.4, -0.2) is 10.1 Å². The van der Waals surface area contributed by atoms with Gasteiger partial charge in [0.2, 0.25) is 5.95 Å². The maximum Gasteiger partial charge on any atom is 0.218 e. The first-order valence-corrected chi connectivity index (χ1v) is 3.20. The lowest BCUT2D eigenvalue weighted by Crippen LogP contribution is -2.00. The molecule has 1 aromatic heterocycles. The smallest absolute Gasteiger partial charge is 0.218 e. The van der Waals surface area contributed by atoms with Crippen molar-refractivity contribution in [3.8, 4) is 0 Å². The molecule has 0 amide bonds. The van der Waals surface area contributed by atoms with Crippen LogP contribution in [0.3, 0.4) is 0 Å². The number of aliphatic hydroxyl groups excluding tert-OH is 1. The van der Waals surface area contributed by atoms with Gasteiger partial charge in [-0.3, -0.25) is 0 Å². The standard InChI is InChI=1S/C7H9FN2O/c1-4(11)6-2-5(9)3-10-7(6)8/h2-4,11H,9H2,1H3. The highest BCUT2D eigenvalue weighted by Crippen LogP contribution is 2.16. The first-order chi connectivity index (χ1) is 5.11. The highest BCUT2D eigenvalue weighted by atomic mass is 19.1. The monoisotopic (exact) mass is 156 g/mol. The van der Waals surface area contributed by atoms with E-state index >= 15 is 0 Å². The van der Waals surface area contributed by atoms with Crippen LogP contribution in [0.1, 0.15) is 18.6 Å². The van der Waals surface area contributed by atoms with Gasteiger partial charge in [0.25, 0.3) is 0 Å². The number of halogens is 1. The molecule has 0 aliphatic rings. The topological polar surface area (TPSA) is 59.1 Å². The lowest BCUT2D eigenvalue weighted by Gasteiger charge is -2.04. The molecule has 11 heavy (non-hydrogen) atoms. The number of hydrogen-bond donors (Lipinski definition) is 2. The number of nitrogens with two attached hydrogens (primary N) is 1. The van der Waals surface area contributed by atoms with Crippen molar-refractivity contribution in [2.45, 2.75) is 13.0 Å². The van der Waals surface area contributed by atoms with Crippen LogP contribution >= 0.6 is 0 Å². The van der Waals surface area contributed by atoms with Gasteiger partial charge in [-0.25, -0.2) is 4.98 Å². The third-order valence-corrected chi connectivity index (χ3v) is 1.34. The van der Waals surface area contributed by atoms with E-state index < -0.39 is 12.1 Å². The van der Waals surface area contributed by atoms with Gasteiger partial charge >= 0.3 is 0 Å². The molecule has 0 bridgehead atoms. The maximum atomic E-state index is 12.7. The van der Waals surface area contributed by atoms with Crippen LogP contribution in [0.25, 0.3) is 0 Å². The number of aromatic nitrogens is 1. The molecule has 1 unspecified atom stereocenters. The predicted octanol–water partition coefficient (Wildman–Crippen LogP) is 0.856.